The van der Waals surface area contributed by atoms with Crippen molar-refractivity contribution in [1.82, 2.24) is 9.88 Å². The highest BCUT2D eigenvalue weighted by molar-refractivity contribution is 7.98. The van der Waals surface area contributed by atoms with Gasteiger partial charge in [-0.3, -0.25) is 9.59 Å². The zero-order valence-electron chi connectivity index (χ0n) is 15.8. The van der Waals surface area contributed by atoms with Crippen LogP contribution in [-0.4, -0.2) is 35.8 Å². The Morgan fingerprint density at radius 2 is 1.68 bits per heavy atom. The van der Waals surface area contributed by atoms with Crippen molar-refractivity contribution in [1.29, 1.82) is 0 Å². The van der Waals surface area contributed by atoms with Gasteiger partial charge < -0.3 is 10.2 Å². The van der Waals surface area contributed by atoms with Crippen LogP contribution in [0, 0.1) is 0 Å². The molecule has 1 N–H and O–H groups in total. The summed E-state index contributed by atoms with van der Waals surface area (Å²) in [6.07, 6.45) is 1.69. The first-order valence-corrected chi connectivity index (χ1v) is 9.78. The Balaban J connectivity index is 1.70. The first kappa shape index (κ1) is 19.6. The lowest BCUT2D eigenvalue weighted by atomic mass is 10.2. The number of carbonyl (C=O) groups is 2. The average Bonchev–Trinajstić information content (AvgIpc) is 2.73. The number of thioether (sulfide) groups is 1. The first-order chi connectivity index (χ1) is 13.5. The lowest BCUT2D eigenvalue weighted by Crippen LogP contribution is -2.21. The fourth-order valence-electron chi connectivity index (χ4n) is 2.56. The Labute approximate surface area is 168 Å². The number of nitrogens with one attached hydrogen (secondary N) is 1. The quantitative estimate of drug-likeness (QED) is 0.636. The van der Waals surface area contributed by atoms with Gasteiger partial charge in [0.25, 0.3) is 11.8 Å². The SMILES string of the molecule is CN(C)C(=O)c1ccc(NC(=O)c2cccnc2SCc2ccccc2)cc1. The van der Waals surface area contributed by atoms with Gasteiger partial charge >= 0.3 is 0 Å². The van der Waals surface area contributed by atoms with Crippen molar-refractivity contribution in [2.24, 2.45) is 0 Å². The lowest BCUT2D eigenvalue weighted by molar-refractivity contribution is 0.0827. The largest absolute Gasteiger partial charge is 0.345 e. The van der Waals surface area contributed by atoms with Gasteiger partial charge in [0.2, 0.25) is 0 Å². The van der Waals surface area contributed by atoms with E-state index in [9.17, 15) is 9.59 Å². The van der Waals surface area contributed by atoms with Gasteiger partial charge in [0.1, 0.15) is 5.03 Å². The second-order valence-corrected chi connectivity index (χ2v) is 7.33. The summed E-state index contributed by atoms with van der Waals surface area (Å²) in [6.45, 7) is 0. The molecule has 0 atom stereocenters. The standard InChI is InChI=1S/C22H21N3O2S/c1-25(2)22(27)17-10-12-18(13-11-17)24-20(26)19-9-6-14-23-21(19)28-15-16-7-4-3-5-8-16/h3-14H,15H2,1-2H3,(H,24,26). The van der Waals surface area contributed by atoms with E-state index in [4.69, 9.17) is 0 Å². The highest BCUT2D eigenvalue weighted by Gasteiger charge is 2.14. The topological polar surface area (TPSA) is 62.3 Å². The van der Waals surface area contributed by atoms with E-state index in [2.05, 4.69) is 10.3 Å². The van der Waals surface area contributed by atoms with Gasteiger partial charge in [-0.05, 0) is 42.0 Å². The Morgan fingerprint density at radius 3 is 2.36 bits per heavy atom. The van der Waals surface area contributed by atoms with Crippen molar-refractivity contribution in [2.75, 3.05) is 19.4 Å². The van der Waals surface area contributed by atoms with Crippen molar-refractivity contribution in [3.05, 3.63) is 89.6 Å². The third-order valence-electron chi connectivity index (χ3n) is 4.03. The molecule has 0 fully saturated rings. The van der Waals surface area contributed by atoms with Crippen molar-refractivity contribution < 1.29 is 9.59 Å². The highest BCUT2D eigenvalue weighted by atomic mass is 32.2. The second-order valence-electron chi connectivity index (χ2n) is 6.36. The van der Waals surface area contributed by atoms with Crippen molar-refractivity contribution >= 4 is 29.3 Å². The average molecular weight is 391 g/mol. The number of benzene rings is 2. The smallest absolute Gasteiger partial charge is 0.258 e. The molecule has 2 aromatic carbocycles. The van der Waals surface area contributed by atoms with Crippen LogP contribution in [0.5, 0.6) is 0 Å². The fraction of sp³-hybridized carbons (Fsp3) is 0.136. The Morgan fingerprint density at radius 1 is 0.964 bits per heavy atom. The molecule has 1 aromatic heterocycles. The molecule has 0 aliphatic heterocycles. The van der Waals surface area contributed by atoms with E-state index in [0.29, 0.717) is 21.8 Å². The molecule has 5 nitrogen and oxygen atoms in total. The molecule has 6 heteroatoms. The van der Waals surface area contributed by atoms with E-state index in [1.807, 2.05) is 30.3 Å². The summed E-state index contributed by atoms with van der Waals surface area (Å²) in [4.78, 5) is 30.6. The molecule has 0 aliphatic rings. The molecule has 0 saturated heterocycles. The lowest BCUT2D eigenvalue weighted by Gasteiger charge is -2.12. The number of hydrogen-bond acceptors (Lipinski definition) is 4. The Kier molecular flexibility index (Phi) is 6.45. The summed E-state index contributed by atoms with van der Waals surface area (Å²) in [7, 11) is 3.41. The summed E-state index contributed by atoms with van der Waals surface area (Å²) in [5, 5.41) is 3.56. The predicted octanol–water partition coefficient (Wildman–Crippen LogP) is 4.33. The van der Waals surface area contributed by atoms with E-state index in [1.165, 1.54) is 22.2 Å². The number of anilines is 1. The summed E-state index contributed by atoms with van der Waals surface area (Å²) in [6, 6.07) is 20.4. The molecule has 142 valence electrons. The van der Waals surface area contributed by atoms with E-state index in [0.717, 1.165) is 5.75 Å². The zero-order valence-corrected chi connectivity index (χ0v) is 16.6. The van der Waals surface area contributed by atoms with Gasteiger partial charge in [0, 0.05) is 37.3 Å². The summed E-state index contributed by atoms with van der Waals surface area (Å²) >= 11 is 1.53. The van der Waals surface area contributed by atoms with Crippen LogP contribution in [0.25, 0.3) is 0 Å². The highest BCUT2D eigenvalue weighted by Crippen LogP contribution is 2.25. The van der Waals surface area contributed by atoms with Crippen LogP contribution in [0.1, 0.15) is 26.3 Å². The molecule has 0 spiro atoms. The monoisotopic (exact) mass is 391 g/mol. The number of aromatic nitrogens is 1. The maximum absolute atomic E-state index is 12.7. The molecule has 0 aliphatic carbocycles. The van der Waals surface area contributed by atoms with Crippen molar-refractivity contribution in [2.45, 2.75) is 10.8 Å². The van der Waals surface area contributed by atoms with Crippen LogP contribution in [0.15, 0.2) is 78.0 Å². The van der Waals surface area contributed by atoms with E-state index >= 15 is 0 Å². The van der Waals surface area contributed by atoms with E-state index in [-0.39, 0.29) is 11.8 Å². The molecule has 3 rings (SSSR count). The molecule has 0 saturated carbocycles. The third-order valence-corrected chi connectivity index (χ3v) is 5.11. The number of nitrogens with zero attached hydrogens (tertiary/aromatic N) is 2. The maximum Gasteiger partial charge on any atom is 0.258 e. The molecular formula is C22H21N3O2S. The Hall–Kier alpha value is -3.12. The Bertz CT molecular complexity index is 957. The van der Waals surface area contributed by atoms with Crippen LogP contribution in [0.4, 0.5) is 5.69 Å². The van der Waals surface area contributed by atoms with Crippen molar-refractivity contribution in [3.63, 3.8) is 0 Å². The van der Waals surface area contributed by atoms with Gasteiger partial charge in [-0.2, -0.15) is 0 Å². The van der Waals surface area contributed by atoms with Gasteiger partial charge in [-0.25, -0.2) is 4.98 Å². The minimum absolute atomic E-state index is 0.0789. The van der Waals surface area contributed by atoms with E-state index in [1.54, 1.807) is 56.7 Å². The number of pyridine rings is 1. The fourth-order valence-corrected chi connectivity index (χ4v) is 3.50. The van der Waals surface area contributed by atoms with Crippen LogP contribution >= 0.6 is 11.8 Å². The van der Waals surface area contributed by atoms with Gasteiger partial charge in [-0.15, -0.1) is 11.8 Å². The number of hydrogen-bond donors (Lipinski definition) is 1. The molecule has 1 heterocycles. The molecule has 2 amide bonds. The predicted molar refractivity (Wildman–Crippen MR) is 113 cm³/mol. The minimum atomic E-state index is -0.227. The zero-order chi connectivity index (χ0) is 19.9. The van der Waals surface area contributed by atoms with Crippen LogP contribution in [0.2, 0.25) is 0 Å². The first-order valence-electron chi connectivity index (χ1n) is 8.79. The minimum Gasteiger partial charge on any atom is -0.345 e. The van der Waals surface area contributed by atoms with Gasteiger partial charge in [-0.1, -0.05) is 30.3 Å². The molecule has 28 heavy (non-hydrogen) atoms. The third kappa shape index (κ3) is 4.98. The maximum atomic E-state index is 12.7. The molecule has 0 radical (unpaired) electrons. The summed E-state index contributed by atoms with van der Waals surface area (Å²) in [5.74, 6) is 0.430. The normalized spacial score (nSPS) is 10.4. The molecule has 0 bridgehead atoms. The second kappa shape index (κ2) is 9.19. The van der Waals surface area contributed by atoms with Crippen LogP contribution < -0.4 is 5.32 Å². The van der Waals surface area contributed by atoms with Crippen LogP contribution in [-0.2, 0) is 5.75 Å². The number of carbonyl (C=O) groups excluding carboxylic acids is 2. The molecule has 3 aromatic rings. The van der Waals surface area contributed by atoms with Crippen molar-refractivity contribution in [3.8, 4) is 0 Å². The molecular weight excluding hydrogens is 370 g/mol. The number of rotatable bonds is 6. The number of amides is 2. The molecule has 0 unspecified atom stereocenters. The summed E-state index contributed by atoms with van der Waals surface area (Å²) in [5.41, 5.74) is 2.90. The van der Waals surface area contributed by atoms with E-state index < -0.39 is 0 Å². The summed E-state index contributed by atoms with van der Waals surface area (Å²) < 4.78 is 0. The van der Waals surface area contributed by atoms with Gasteiger partial charge in [0.15, 0.2) is 0 Å². The van der Waals surface area contributed by atoms with Crippen LogP contribution in [0.3, 0.4) is 0 Å². The van der Waals surface area contributed by atoms with Gasteiger partial charge in [0.05, 0.1) is 5.56 Å².